The highest BCUT2D eigenvalue weighted by Crippen LogP contribution is 2.47. The summed E-state index contributed by atoms with van der Waals surface area (Å²) in [6.45, 7) is 6.96. The molecule has 10 heteroatoms. The molecule has 0 radical (unpaired) electrons. The summed E-state index contributed by atoms with van der Waals surface area (Å²) in [5, 5.41) is 7.02. The van der Waals surface area contributed by atoms with Gasteiger partial charge in [0.05, 0.1) is 7.11 Å². The number of anilines is 5. The van der Waals surface area contributed by atoms with Gasteiger partial charge in [-0.1, -0.05) is 13.8 Å². The van der Waals surface area contributed by atoms with Crippen LogP contribution in [0.2, 0.25) is 0 Å². The minimum absolute atomic E-state index is 0.163. The highest BCUT2D eigenvalue weighted by atomic mass is 19.1. The van der Waals surface area contributed by atoms with E-state index in [1.807, 2.05) is 25.2 Å². The van der Waals surface area contributed by atoms with Gasteiger partial charge in [0.2, 0.25) is 11.8 Å². The van der Waals surface area contributed by atoms with Gasteiger partial charge in [0.25, 0.3) is 0 Å². The van der Waals surface area contributed by atoms with Gasteiger partial charge in [0.1, 0.15) is 29.6 Å². The van der Waals surface area contributed by atoms with Crippen molar-refractivity contribution >= 4 is 29.1 Å². The predicted molar refractivity (Wildman–Crippen MR) is 142 cm³/mol. The largest absolute Gasteiger partial charge is 0.481 e. The average Bonchev–Trinajstić information content (AvgIpc) is 3.29. The van der Waals surface area contributed by atoms with Gasteiger partial charge in [0.15, 0.2) is 0 Å². The number of nitrogens with one attached hydrogen (secondary N) is 2. The first-order valence-corrected chi connectivity index (χ1v) is 12.9. The van der Waals surface area contributed by atoms with Crippen LogP contribution in [0.5, 0.6) is 5.88 Å². The number of benzene rings is 1. The lowest BCUT2D eigenvalue weighted by atomic mass is 9.88. The summed E-state index contributed by atoms with van der Waals surface area (Å²) in [6.07, 6.45) is 3.87. The summed E-state index contributed by atoms with van der Waals surface area (Å²) in [5.74, 6) is 4.50. The number of aromatic nitrogens is 4. The summed E-state index contributed by atoms with van der Waals surface area (Å²) < 4.78 is 18.9. The van der Waals surface area contributed by atoms with Crippen LogP contribution in [-0.4, -0.2) is 59.8 Å². The second kappa shape index (κ2) is 9.00. The molecule has 0 spiro atoms. The maximum absolute atomic E-state index is 13.6. The van der Waals surface area contributed by atoms with E-state index in [1.54, 1.807) is 13.4 Å². The lowest BCUT2D eigenvalue weighted by molar-refractivity contribution is 0.372. The summed E-state index contributed by atoms with van der Waals surface area (Å²) in [6, 6.07) is 8.81. The summed E-state index contributed by atoms with van der Waals surface area (Å²) >= 11 is 0. The molecule has 3 aromatic rings. The second-order valence-corrected chi connectivity index (χ2v) is 10.9. The number of halogens is 1. The molecule has 4 heterocycles. The molecule has 9 nitrogen and oxygen atoms in total. The number of nitrogens with zero attached hydrogens (tertiary/aromatic N) is 6. The Balaban J connectivity index is 1.28. The van der Waals surface area contributed by atoms with Crippen LogP contribution in [-0.2, 0) is 5.41 Å². The number of fused-ring (bicyclic) bond motifs is 3. The van der Waals surface area contributed by atoms with Gasteiger partial charge < -0.3 is 25.2 Å². The molecule has 2 N–H and O–H groups in total. The van der Waals surface area contributed by atoms with E-state index in [9.17, 15) is 4.39 Å². The third-order valence-electron chi connectivity index (χ3n) is 8.04. The van der Waals surface area contributed by atoms with E-state index < -0.39 is 0 Å². The van der Waals surface area contributed by atoms with Crippen molar-refractivity contribution in [2.75, 3.05) is 54.2 Å². The van der Waals surface area contributed by atoms with E-state index in [0.717, 1.165) is 61.2 Å². The van der Waals surface area contributed by atoms with Gasteiger partial charge in [-0.15, -0.1) is 0 Å². The third-order valence-corrected chi connectivity index (χ3v) is 8.04. The lowest BCUT2D eigenvalue weighted by Gasteiger charge is -2.39. The number of methoxy groups -OCH3 is 1. The van der Waals surface area contributed by atoms with Crippen LogP contribution in [0.4, 0.5) is 33.5 Å². The highest BCUT2D eigenvalue weighted by molar-refractivity contribution is 5.75. The Morgan fingerprint density at radius 2 is 1.78 bits per heavy atom. The van der Waals surface area contributed by atoms with Gasteiger partial charge in [-0.3, -0.25) is 0 Å². The molecule has 2 fully saturated rings. The average molecular weight is 505 g/mol. The Morgan fingerprint density at radius 3 is 2.46 bits per heavy atom. The molecule has 6 rings (SSSR count). The summed E-state index contributed by atoms with van der Waals surface area (Å²) in [5.41, 5.74) is 1.85. The van der Waals surface area contributed by atoms with Crippen molar-refractivity contribution in [1.29, 1.82) is 0 Å². The van der Waals surface area contributed by atoms with E-state index >= 15 is 0 Å². The van der Waals surface area contributed by atoms with Crippen molar-refractivity contribution < 1.29 is 9.13 Å². The van der Waals surface area contributed by atoms with E-state index in [2.05, 4.69) is 44.2 Å². The number of hydrogen-bond donors (Lipinski definition) is 2. The predicted octanol–water partition coefficient (Wildman–Crippen LogP) is 4.21. The number of piperidine rings is 1. The van der Waals surface area contributed by atoms with Gasteiger partial charge >= 0.3 is 0 Å². The Kier molecular flexibility index (Phi) is 5.77. The molecule has 1 aromatic carbocycles. The fraction of sp³-hybridized carbons (Fsp3) is 0.481. The molecule has 2 unspecified atom stereocenters. The normalized spacial score (nSPS) is 23.6. The van der Waals surface area contributed by atoms with Crippen molar-refractivity contribution in [3.8, 4) is 5.88 Å². The number of ether oxygens (including phenoxy) is 1. The fourth-order valence-corrected chi connectivity index (χ4v) is 6.31. The van der Waals surface area contributed by atoms with E-state index in [0.29, 0.717) is 23.7 Å². The molecule has 1 saturated heterocycles. The van der Waals surface area contributed by atoms with Crippen molar-refractivity contribution in [1.82, 2.24) is 19.9 Å². The molecule has 2 atom stereocenters. The van der Waals surface area contributed by atoms with Gasteiger partial charge in [-0.25, -0.2) is 14.4 Å². The minimum atomic E-state index is -0.245. The van der Waals surface area contributed by atoms with E-state index in [1.165, 1.54) is 12.1 Å². The smallest absolute Gasteiger partial charge is 0.226 e. The molecule has 2 aromatic heterocycles. The van der Waals surface area contributed by atoms with Crippen molar-refractivity contribution in [3.05, 3.63) is 48.0 Å². The third kappa shape index (κ3) is 4.18. The molecule has 1 saturated carbocycles. The maximum atomic E-state index is 13.6. The first kappa shape index (κ1) is 23.7. The molecular formula is C27H33FN8O. The molecule has 1 aliphatic carbocycles. The first-order chi connectivity index (χ1) is 17.9. The van der Waals surface area contributed by atoms with Crippen molar-refractivity contribution in [2.24, 2.45) is 11.8 Å². The zero-order chi connectivity index (χ0) is 25.7. The maximum Gasteiger partial charge on any atom is 0.226 e. The molecule has 2 aliphatic heterocycles. The summed E-state index contributed by atoms with van der Waals surface area (Å²) in [4.78, 5) is 23.1. The Labute approximate surface area is 216 Å². The quantitative estimate of drug-likeness (QED) is 0.512. The van der Waals surface area contributed by atoms with Crippen LogP contribution in [0.1, 0.15) is 32.3 Å². The zero-order valence-electron chi connectivity index (χ0n) is 21.7. The van der Waals surface area contributed by atoms with Gasteiger partial charge in [-0.05, 0) is 48.9 Å². The Hall–Kier alpha value is -3.69. The second-order valence-electron chi connectivity index (χ2n) is 10.9. The zero-order valence-corrected chi connectivity index (χ0v) is 21.7. The molecular weight excluding hydrogens is 471 g/mol. The molecule has 3 aliphatic rings. The van der Waals surface area contributed by atoms with Crippen LogP contribution in [0.3, 0.4) is 0 Å². The van der Waals surface area contributed by atoms with Crippen LogP contribution in [0, 0.1) is 17.7 Å². The van der Waals surface area contributed by atoms with E-state index in [4.69, 9.17) is 14.7 Å². The minimum Gasteiger partial charge on any atom is -0.481 e. The number of hydrogen-bond acceptors (Lipinski definition) is 9. The van der Waals surface area contributed by atoms with Crippen LogP contribution in [0.25, 0.3) is 0 Å². The van der Waals surface area contributed by atoms with Crippen molar-refractivity contribution in [3.63, 3.8) is 0 Å². The molecule has 194 valence electrons. The van der Waals surface area contributed by atoms with Gasteiger partial charge in [0, 0.05) is 55.5 Å². The number of rotatable bonds is 6. The molecule has 0 amide bonds. The topological polar surface area (TPSA) is 91.3 Å². The van der Waals surface area contributed by atoms with Crippen molar-refractivity contribution in [2.45, 2.75) is 38.1 Å². The monoisotopic (exact) mass is 504 g/mol. The summed E-state index contributed by atoms with van der Waals surface area (Å²) in [7, 11) is 3.53. The van der Waals surface area contributed by atoms with Crippen LogP contribution < -0.4 is 25.2 Å². The van der Waals surface area contributed by atoms with Gasteiger partial charge in [-0.2, -0.15) is 9.97 Å². The lowest BCUT2D eigenvalue weighted by Crippen LogP contribution is -2.48. The Morgan fingerprint density at radius 1 is 1.05 bits per heavy atom. The molecule has 2 bridgehead atoms. The Bertz CT molecular complexity index is 1290. The SMILES string of the molecule is CNc1nc(NC2C3CCC2CN(c2cc(OC)ncn2)C3)nc2c1C(C)(C)CN2c1ccc(F)cc1. The van der Waals surface area contributed by atoms with E-state index in [-0.39, 0.29) is 17.3 Å². The standard InChI is InChI=1S/C27H33FN8O/c1-27(2)14-36(19-9-7-18(28)8-10-19)25-22(27)24(29-3)33-26(34-25)32-23-16-5-6-17(23)13-35(12-16)20-11-21(37-4)31-15-30-20/h7-11,15-17,23H,5-6,12-14H2,1-4H3,(H2,29,32,33,34). The highest BCUT2D eigenvalue weighted by Gasteiger charge is 2.44. The van der Waals surface area contributed by atoms with Crippen LogP contribution in [0.15, 0.2) is 36.7 Å². The first-order valence-electron chi connectivity index (χ1n) is 12.9. The fourth-order valence-electron chi connectivity index (χ4n) is 6.31. The molecule has 37 heavy (non-hydrogen) atoms. The van der Waals surface area contributed by atoms with Crippen LogP contribution >= 0.6 is 0 Å².